The van der Waals surface area contributed by atoms with E-state index in [9.17, 15) is 0 Å². The minimum absolute atomic E-state index is 0.591. The number of hydrogen-bond acceptors (Lipinski definition) is 1. The van der Waals surface area contributed by atoms with Crippen LogP contribution in [0, 0.1) is 0 Å². The first-order chi connectivity index (χ1) is 6.18. The summed E-state index contributed by atoms with van der Waals surface area (Å²) in [4.78, 5) is 1.41. The normalized spacial score (nSPS) is 11.4. The summed E-state index contributed by atoms with van der Waals surface area (Å²) in [5, 5.41) is 2.05. The van der Waals surface area contributed by atoms with E-state index in [0.717, 1.165) is 5.02 Å². The second-order valence-corrected chi connectivity index (χ2v) is 4.98. The molecule has 0 saturated heterocycles. The molecule has 1 aromatic heterocycles. The Hall–Kier alpha value is -0.530. The van der Waals surface area contributed by atoms with Crippen LogP contribution in [0.4, 0.5) is 0 Å². The topological polar surface area (TPSA) is 0 Å². The number of halogens is 1. The fourth-order valence-electron chi connectivity index (χ4n) is 1.33. The Kier molecular flexibility index (Phi) is 2.31. The van der Waals surface area contributed by atoms with Crippen molar-refractivity contribution in [2.45, 2.75) is 19.8 Å². The van der Waals surface area contributed by atoms with Crippen LogP contribution in [0.2, 0.25) is 5.02 Å². The van der Waals surface area contributed by atoms with Gasteiger partial charge in [0, 0.05) is 20.0 Å². The molecule has 0 spiro atoms. The van der Waals surface area contributed by atoms with Crippen LogP contribution in [0.15, 0.2) is 24.3 Å². The predicted molar refractivity (Wildman–Crippen MR) is 60.9 cm³/mol. The molecule has 2 rings (SSSR count). The van der Waals surface area contributed by atoms with Gasteiger partial charge in [0.2, 0.25) is 0 Å². The number of rotatable bonds is 1. The lowest BCUT2D eigenvalue weighted by molar-refractivity contribution is 0.890. The Morgan fingerprint density at radius 1 is 1.31 bits per heavy atom. The van der Waals surface area contributed by atoms with Crippen molar-refractivity contribution in [3.63, 3.8) is 0 Å². The van der Waals surface area contributed by atoms with Crippen LogP contribution in [0.1, 0.15) is 24.6 Å². The van der Waals surface area contributed by atoms with Crippen LogP contribution >= 0.6 is 22.9 Å². The zero-order valence-electron chi connectivity index (χ0n) is 7.67. The maximum Gasteiger partial charge on any atom is 0.0492 e. The molecular weight excluding hydrogens is 200 g/mol. The fourth-order valence-corrected chi connectivity index (χ4v) is 2.71. The third kappa shape index (κ3) is 1.59. The van der Waals surface area contributed by atoms with Gasteiger partial charge in [0.1, 0.15) is 0 Å². The molecule has 0 aliphatic heterocycles. The van der Waals surface area contributed by atoms with Gasteiger partial charge in [-0.1, -0.05) is 31.5 Å². The summed E-state index contributed by atoms with van der Waals surface area (Å²) in [7, 11) is 0. The zero-order chi connectivity index (χ0) is 9.42. The standard InChI is InChI=1S/C11H11ClS/c1-7(2)11-6-8-9(12)4-3-5-10(8)13-11/h3-7H,1-2H3. The molecule has 0 amide bonds. The molecule has 0 N–H and O–H groups in total. The molecule has 0 aliphatic rings. The number of benzene rings is 1. The van der Waals surface area contributed by atoms with Crippen molar-refractivity contribution < 1.29 is 0 Å². The first-order valence-electron chi connectivity index (χ1n) is 4.36. The molecule has 1 aromatic carbocycles. The maximum atomic E-state index is 6.08. The summed E-state index contributed by atoms with van der Waals surface area (Å²) in [5.74, 6) is 0.591. The Morgan fingerprint density at radius 3 is 2.69 bits per heavy atom. The monoisotopic (exact) mass is 210 g/mol. The van der Waals surface area contributed by atoms with Crippen molar-refractivity contribution in [2.24, 2.45) is 0 Å². The van der Waals surface area contributed by atoms with Crippen molar-refractivity contribution >= 4 is 33.0 Å². The van der Waals surface area contributed by atoms with Crippen molar-refractivity contribution in [2.75, 3.05) is 0 Å². The minimum atomic E-state index is 0.591. The quantitative estimate of drug-likeness (QED) is 0.641. The van der Waals surface area contributed by atoms with Crippen molar-refractivity contribution in [3.05, 3.63) is 34.2 Å². The summed E-state index contributed by atoms with van der Waals surface area (Å²) in [5.41, 5.74) is 0. The summed E-state index contributed by atoms with van der Waals surface area (Å²) in [6, 6.07) is 8.27. The van der Waals surface area contributed by atoms with E-state index in [4.69, 9.17) is 11.6 Å². The Labute approximate surface area is 87.2 Å². The molecule has 2 heteroatoms. The molecule has 0 radical (unpaired) electrons. The number of hydrogen-bond donors (Lipinski definition) is 0. The summed E-state index contributed by atoms with van der Waals surface area (Å²) in [6.07, 6.45) is 0. The van der Waals surface area contributed by atoms with Crippen LogP contribution in [0.5, 0.6) is 0 Å². The molecule has 0 aliphatic carbocycles. The van der Waals surface area contributed by atoms with E-state index in [1.54, 1.807) is 0 Å². The third-order valence-corrected chi connectivity index (χ3v) is 3.83. The highest BCUT2D eigenvalue weighted by Crippen LogP contribution is 2.34. The lowest BCUT2D eigenvalue weighted by Crippen LogP contribution is -1.77. The zero-order valence-corrected chi connectivity index (χ0v) is 9.25. The number of thiophene rings is 1. The molecule has 0 atom stereocenters. The van der Waals surface area contributed by atoms with E-state index in [1.807, 2.05) is 23.5 Å². The molecule has 0 unspecified atom stereocenters. The molecule has 2 aromatic rings. The van der Waals surface area contributed by atoms with E-state index < -0.39 is 0 Å². The average molecular weight is 211 g/mol. The van der Waals surface area contributed by atoms with E-state index in [-0.39, 0.29) is 0 Å². The average Bonchev–Trinajstić information content (AvgIpc) is 2.49. The highest BCUT2D eigenvalue weighted by molar-refractivity contribution is 7.19. The van der Waals surface area contributed by atoms with Gasteiger partial charge in [0.15, 0.2) is 0 Å². The highest BCUT2D eigenvalue weighted by atomic mass is 35.5. The van der Waals surface area contributed by atoms with Crippen LogP contribution < -0.4 is 0 Å². The smallest absolute Gasteiger partial charge is 0.0492 e. The van der Waals surface area contributed by atoms with Gasteiger partial charge >= 0.3 is 0 Å². The van der Waals surface area contributed by atoms with Gasteiger partial charge in [0.25, 0.3) is 0 Å². The maximum absolute atomic E-state index is 6.08. The van der Waals surface area contributed by atoms with E-state index in [2.05, 4.69) is 26.0 Å². The molecule has 1 heterocycles. The largest absolute Gasteiger partial charge is 0.140 e. The third-order valence-electron chi connectivity index (χ3n) is 2.10. The molecule has 68 valence electrons. The van der Waals surface area contributed by atoms with Gasteiger partial charge in [0.05, 0.1) is 0 Å². The summed E-state index contributed by atoms with van der Waals surface area (Å²) >= 11 is 7.92. The van der Waals surface area contributed by atoms with Gasteiger partial charge in [-0.3, -0.25) is 0 Å². The SMILES string of the molecule is CC(C)c1cc2c(Cl)cccc2s1. The van der Waals surface area contributed by atoms with E-state index >= 15 is 0 Å². The second-order valence-electron chi connectivity index (χ2n) is 3.46. The Balaban J connectivity index is 2.68. The van der Waals surface area contributed by atoms with Gasteiger partial charge in [-0.15, -0.1) is 11.3 Å². The van der Waals surface area contributed by atoms with E-state index in [1.165, 1.54) is 15.0 Å². The first kappa shape index (κ1) is 9.04. The van der Waals surface area contributed by atoms with Gasteiger partial charge in [-0.2, -0.15) is 0 Å². The lowest BCUT2D eigenvalue weighted by atomic mass is 10.1. The molecule has 13 heavy (non-hydrogen) atoms. The van der Waals surface area contributed by atoms with Crippen molar-refractivity contribution in [1.29, 1.82) is 0 Å². The molecule has 0 nitrogen and oxygen atoms in total. The lowest BCUT2D eigenvalue weighted by Gasteiger charge is -1.96. The van der Waals surface area contributed by atoms with Crippen molar-refractivity contribution in [1.82, 2.24) is 0 Å². The van der Waals surface area contributed by atoms with Crippen LogP contribution in [-0.4, -0.2) is 0 Å². The van der Waals surface area contributed by atoms with Crippen molar-refractivity contribution in [3.8, 4) is 0 Å². The summed E-state index contributed by atoms with van der Waals surface area (Å²) < 4.78 is 1.29. The Morgan fingerprint density at radius 2 is 2.08 bits per heavy atom. The van der Waals surface area contributed by atoms with E-state index in [0.29, 0.717) is 5.92 Å². The predicted octanol–water partition coefficient (Wildman–Crippen LogP) is 4.68. The Bertz CT molecular complexity index is 429. The molecule has 0 bridgehead atoms. The summed E-state index contributed by atoms with van der Waals surface area (Å²) in [6.45, 7) is 4.41. The molecule has 0 fully saturated rings. The fraction of sp³-hybridized carbons (Fsp3) is 0.273. The highest BCUT2D eigenvalue weighted by Gasteiger charge is 2.06. The molecular formula is C11H11ClS. The van der Waals surface area contributed by atoms with Crippen LogP contribution in [-0.2, 0) is 0 Å². The number of fused-ring (bicyclic) bond motifs is 1. The van der Waals surface area contributed by atoms with Gasteiger partial charge in [-0.25, -0.2) is 0 Å². The first-order valence-corrected chi connectivity index (χ1v) is 5.56. The molecule has 0 saturated carbocycles. The minimum Gasteiger partial charge on any atom is -0.140 e. The van der Waals surface area contributed by atoms with Gasteiger partial charge in [-0.05, 0) is 24.1 Å². The van der Waals surface area contributed by atoms with Crippen LogP contribution in [0.3, 0.4) is 0 Å². The van der Waals surface area contributed by atoms with Crippen LogP contribution in [0.25, 0.3) is 10.1 Å². The second kappa shape index (κ2) is 3.32. The van der Waals surface area contributed by atoms with Gasteiger partial charge < -0.3 is 0 Å².